The van der Waals surface area contributed by atoms with E-state index in [9.17, 15) is 4.79 Å². The van der Waals surface area contributed by atoms with Gasteiger partial charge in [0.05, 0.1) is 12.8 Å². The third-order valence-electron chi connectivity index (χ3n) is 4.26. The summed E-state index contributed by atoms with van der Waals surface area (Å²) in [5.74, 6) is 0.548. The van der Waals surface area contributed by atoms with Gasteiger partial charge in [-0.15, -0.1) is 11.8 Å². The van der Waals surface area contributed by atoms with Crippen LogP contribution in [0.2, 0.25) is 0 Å². The number of benzene rings is 2. The first-order valence-electron chi connectivity index (χ1n) is 8.84. The van der Waals surface area contributed by atoms with Gasteiger partial charge in [-0.25, -0.2) is 9.67 Å². The number of rotatable bonds is 8. The number of hydrogen-bond donors (Lipinski definition) is 1. The number of allylic oxidation sites excluding steroid dienone is 1. The lowest BCUT2D eigenvalue weighted by molar-refractivity contribution is 0.104. The van der Waals surface area contributed by atoms with Crippen molar-refractivity contribution in [1.29, 1.82) is 0 Å². The number of ether oxygens (including phenoxy) is 1. The van der Waals surface area contributed by atoms with E-state index in [1.54, 1.807) is 7.11 Å². The van der Waals surface area contributed by atoms with E-state index < -0.39 is 0 Å². The third kappa shape index (κ3) is 4.26. The van der Waals surface area contributed by atoms with E-state index in [2.05, 4.69) is 22.3 Å². The molecule has 1 aromatic heterocycles. The van der Waals surface area contributed by atoms with Crippen molar-refractivity contribution in [2.45, 2.75) is 13.3 Å². The number of anilines is 1. The van der Waals surface area contributed by atoms with Crippen LogP contribution in [0.5, 0.6) is 5.75 Å². The molecule has 3 aromatic rings. The van der Waals surface area contributed by atoms with E-state index >= 15 is 0 Å². The second kappa shape index (κ2) is 9.23. The molecule has 0 radical (unpaired) electrons. The Hall–Kier alpha value is -3.06. The summed E-state index contributed by atoms with van der Waals surface area (Å²) in [6.07, 6.45) is 5.76. The Morgan fingerprint density at radius 1 is 1.18 bits per heavy atom. The smallest absolute Gasteiger partial charge is 0.214 e. The summed E-state index contributed by atoms with van der Waals surface area (Å²) >= 11 is 1.42. The number of hydrogen-bond acceptors (Lipinski definition) is 6. The average Bonchev–Trinajstić information content (AvgIpc) is 3.27. The lowest BCUT2D eigenvalue weighted by Crippen LogP contribution is -2.15. The molecule has 0 fully saturated rings. The van der Waals surface area contributed by atoms with Gasteiger partial charge in [-0.1, -0.05) is 43.3 Å². The van der Waals surface area contributed by atoms with Crippen molar-refractivity contribution in [1.82, 2.24) is 14.8 Å². The number of para-hydroxylation sites is 2. The molecule has 6 nitrogen and oxygen atoms in total. The van der Waals surface area contributed by atoms with Gasteiger partial charge < -0.3 is 10.1 Å². The fourth-order valence-electron chi connectivity index (χ4n) is 2.74. The molecular weight excluding hydrogens is 372 g/mol. The Kier molecular flexibility index (Phi) is 6.49. The summed E-state index contributed by atoms with van der Waals surface area (Å²) in [6.45, 7) is 2.08. The Labute approximate surface area is 168 Å². The SMILES string of the molecule is CCc1ccc(C(=O)/C(=C(\Nc2ccccc2OC)SC)n2cncn2)cc1. The maximum Gasteiger partial charge on any atom is 0.214 e. The lowest BCUT2D eigenvalue weighted by Gasteiger charge is -2.16. The monoisotopic (exact) mass is 394 g/mol. The molecule has 0 saturated heterocycles. The predicted molar refractivity (Wildman–Crippen MR) is 114 cm³/mol. The van der Waals surface area contributed by atoms with Gasteiger partial charge in [-0.3, -0.25) is 4.79 Å². The van der Waals surface area contributed by atoms with Gasteiger partial charge in [0.25, 0.3) is 0 Å². The second-order valence-corrected chi connectivity index (χ2v) is 6.74. The molecule has 0 aliphatic carbocycles. The number of aryl methyl sites for hydroxylation is 1. The summed E-state index contributed by atoms with van der Waals surface area (Å²) in [6, 6.07) is 15.2. The zero-order chi connectivity index (χ0) is 19.9. The molecule has 0 spiro atoms. The van der Waals surface area contributed by atoms with Crippen LogP contribution in [0.25, 0.3) is 5.70 Å². The Bertz CT molecular complexity index is 966. The normalized spacial score (nSPS) is 11.7. The van der Waals surface area contributed by atoms with E-state index in [4.69, 9.17) is 4.74 Å². The van der Waals surface area contributed by atoms with Crippen LogP contribution in [0, 0.1) is 0 Å². The summed E-state index contributed by atoms with van der Waals surface area (Å²) in [4.78, 5) is 17.4. The van der Waals surface area contributed by atoms with Crippen LogP contribution >= 0.6 is 11.8 Å². The summed E-state index contributed by atoms with van der Waals surface area (Å²) in [5.41, 5.74) is 2.94. The van der Waals surface area contributed by atoms with E-state index in [0.29, 0.717) is 22.0 Å². The first kappa shape index (κ1) is 19.7. The van der Waals surface area contributed by atoms with Crippen LogP contribution in [0.3, 0.4) is 0 Å². The van der Waals surface area contributed by atoms with Gasteiger partial charge in [0.2, 0.25) is 5.78 Å². The van der Waals surface area contributed by atoms with Crippen molar-refractivity contribution in [3.05, 3.63) is 77.3 Å². The van der Waals surface area contributed by atoms with Gasteiger partial charge in [-0.05, 0) is 30.4 Å². The molecule has 3 rings (SSSR count). The number of nitrogens with one attached hydrogen (secondary N) is 1. The van der Waals surface area contributed by atoms with Crippen LogP contribution in [0.4, 0.5) is 5.69 Å². The maximum absolute atomic E-state index is 13.4. The Morgan fingerprint density at radius 2 is 1.93 bits per heavy atom. The number of ketones is 1. The van der Waals surface area contributed by atoms with Crippen molar-refractivity contribution >= 4 is 28.9 Å². The standard InChI is InChI=1S/C21H22N4O2S/c1-4-15-9-11-16(12-10-15)20(26)19(25-14-22-13-23-25)21(28-3)24-17-7-5-6-8-18(17)27-2/h5-14,24H,4H2,1-3H3/b21-19-. The van der Waals surface area contributed by atoms with Crippen LogP contribution in [-0.4, -0.2) is 33.9 Å². The van der Waals surface area contributed by atoms with Crippen molar-refractivity contribution in [3.8, 4) is 5.75 Å². The molecule has 1 N–H and O–H groups in total. The van der Waals surface area contributed by atoms with Gasteiger partial charge in [-0.2, -0.15) is 5.10 Å². The number of thioether (sulfide) groups is 1. The van der Waals surface area contributed by atoms with Crippen molar-refractivity contribution in [3.63, 3.8) is 0 Å². The Balaban J connectivity index is 2.07. The van der Waals surface area contributed by atoms with Gasteiger partial charge in [0.1, 0.15) is 29.1 Å². The fourth-order valence-corrected chi connectivity index (χ4v) is 3.33. The van der Waals surface area contributed by atoms with E-state index in [0.717, 1.165) is 12.1 Å². The number of Topliss-reactive ketones (excluding diaryl/α,β-unsaturated/α-hetero) is 1. The second-order valence-electron chi connectivity index (χ2n) is 5.93. The molecule has 0 saturated carbocycles. The van der Waals surface area contributed by atoms with E-state index in [1.807, 2.05) is 54.8 Å². The molecular formula is C21H22N4O2S. The molecule has 0 atom stereocenters. The van der Waals surface area contributed by atoms with E-state index in [1.165, 1.54) is 34.7 Å². The highest BCUT2D eigenvalue weighted by Crippen LogP contribution is 2.30. The summed E-state index contributed by atoms with van der Waals surface area (Å²) in [7, 11) is 1.61. The van der Waals surface area contributed by atoms with Crippen LogP contribution in [0.1, 0.15) is 22.8 Å². The summed E-state index contributed by atoms with van der Waals surface area (Å²) < 4.78 is 6.91. The number of carbonyl (C=O) groups excluding carboxylic acids is 1. The molecule has 0 aliphatic heterocycles. The summed E-state index contributed by atoms with van der Waals surface area (Å²) in [5, 5.41) is 8.16. The van der Waals surface area contributed by atoms with Crippen LogP contribution in [0.15, 0.2) is 66.2 Å². The average molecular weight is 395 g/mol. The molecule has 7 heteroatoms. The number of aromatic nitrogens is 3. The molecule has 28 heavy (non-hydrogen) atoms. The fraction of sp³-hybridized carbons (Fsp3) is 0.190. The lowest BCUT2D eigenvalue weighted by atomic mass is 10.1. The van der Waals surface area contributed by atoms with Gasteiger partial charge in [0, 0.05) is 5.56 Å². The molecule has 0 unspecified atom stereocenters. The third-order valence-corrected chi connectivity index (χ3v) is 4.97. The van der Waals surface area contributed by atoms with Crippen LogP contribution < -0.4 is 10.1 Å². The molecule has 0 amide bonds. The molecule has 0 aliphatic rings. The predicted octanol–water partition coefficient (Wildman–Crippen LogP) is 4.33. The minimum absolute atomic E-state index is 0.139. The van der Waals surface area contributed by atoms with E-state index in [-0.39, 0.29) is 5.78 Å². The molecule has 0 bridgehead atoms. The molecule has 1 heterocycles. The number of carbonyl (C=O) groups is 1. The highest BCUT2D eigenvalue weighted by atomic mass is 32.2. The van der Waals surface area contributed by atoms with Crippen molar-refractivity contribution in [2.24, 2.45) is 0 Å². The molecule has 144 valence electrons. The topological polar surface area (TPSA) is 69.0 Å². The quantitative estimate of drug-likeness (QED) is 0.453. The Morgan fingerprint density at radius 3 is 2.54 bits per heavy atom. The number of nitrogens with zero attached hydrogens (tertiary/aromatic N) is 3. The first-order chi connectivity index (χ1) is 13.7. The van der Waals surface area contributed by atoms with Crippen molar-refractivity contribution in [2.75, 3.05) is 18.7 Å². The zero-order valence-electron chi connectivity index (χ0n) is 16.0. The van der Waals surface area contributed by atoms with Crippen molar-refractivity contribution < 1.29 is 9.53 Å². The first-order valence-corrected chi connectivity index (χ1v) is 10.1. The highest BCUT2D eigenvalue weighted by Gasteiger charge is 2.21. The van der Waals surface area contributed by atoms with Gasteiger partial charge in [0.15, 0.2) is 0 Å². The largest absolute Gasteiger partial charge is 0.495 e. The maximum atomic E-state index is 13.4. The van der Waals surface area contributed by atoms with Crippen LogP contribution in [-0.2, 0) is 6.42 Å². The minimum atomic E-state index is -0.139. The number of methoxy groups -OCH3 is 1. The van der Waals surface area contributed by atoms with Gasteiger partial charge >= 0.3 is 0 Å². The zero-order valence-corrected chi connectivity index (χ0v) is 16.9. The minimum Gasteiger partial charge on any atom is -0.495 e. The molecule has 2 aromatic carbocycles. The highest BCUT2D eigenvalue weighted by molar-refractivity contribution is 8.02.